The van der Waals surface area contributed by atoms with Gasteiger partial charge in [0.1, 0.15) is 0 Å². The second kappa shape index (κ2) is 3.43. The fraction of sp³-hybridized carbons (Fsp3) is 1.00. The van der Waals surface area contributed by atoms with Crippen molar-refractivity contribution in [3.63, 3.8) is 0 Å². The third-order valence-electron chi connectivity index (χ3n) is 3.34. The van der Waals surface area contributed by atoms with Crippen LogP contribution in [-0.2, 0) is 19.4 Å². The van der Waals surface area contributed by atoms with Gasteiger partial charge in [0, 0.05) is 25.9 Å². The summed E-state index contributed by atoms with van der Waals surface area (Å²) < 4.78 is 5.27. The Bertz CT molecular complexity index is 215. The van der Waals surface area contributed by atoms with Crippen LogP contribution in [0.15, 0.2) is 0 Å². The minimum absolute atomic E-state index is 0.196. The van der Waals surface area contributed by atoms with Gasteiger partial charge in [0.15, 0.2) is 0 Å². The van der Waals surface area contributed by atoms with Crippen molar-refractivity contribution in [2.45, 2.75) is 44.2 Å². The van der Waals surface area contributed by atoms with Crippen LogP contribution in [0.5, 0.6) is 0 Å². The molecule has 2 rings (SSSR count). The molecule has 1 saturated carbocycles. The van der Waals surface area contributed by atoms with Gasteiger partial charge in [0.25, 0.3) is 0 Å². The van der Waals surface area contributed by atoms with Crippen molar-refractivity contribution >= 4 is 0 Å². The van der Waals surface area contributed by atoms with Crippen molar-refractivity contribution in [3.05, 3.63) is 0 Å². The van der Waals surface area contributed by atoms with Gasteiger partial charge in [-0.25, -0.2) is 10.1 Å². The molecule has 2 aliphatic rings. The van der Waals surface area contributed by atoms with Gasteiger partial charge in [-0.3, -0.25) is 0 Å². The molecule has 3 atom stereocenters. The Morgan fingerprint density at radius 3 is 2.86 bits per heavy atom. The normalized spacial score (nSPS) is 47.8. The highest BCUT2D eigenvalue weighted by Crippen LogP contribution is 2.47. The van der Waals surface area contributed by atoms with Crippen LogP contribution in [0.4, 0.5) is 0 Å². The van der Waals surface area contributed by atoms with Gasteiger partial charge in [0.05, 0.1) is 0 Å². The Morgan fingerprint density at radius 2 is 2.21 bits per heavy atom. The molecule has 0 spiro atoms. The number of hydrogen-bond acceptors (Lipinski definition) is 5. The number of fused-ring (bicyclic) bond motifs is 2. The molecule has 1 aliphatic heterocycles. The molecule has 5 heteroatoms. The molecule has 1 heterocycles. The lowest BCUT2D eigenvalue weighted by molar-refractivity contribution is -0.581. The van der Waals surface area contributed by atoms with E-state index in [9.17, 15) is 0 Å². The first-order valence-electron chi connectivity index (χ1n) is 4.89. The van der Waals surface area contributed by atoms with Gasteiger partial charge < -0.3 is 4.74 Å². The monoisotopic (exact) mass is 204 g/mol. The van der Waals surface area contributed by atoms with Crippen molar-refractivity contribution in [2.24, 2.45) is 5.92 Å². The summed E-state index contributed by atoms with van der Waals surface area (Å²) in [6.45, 7) is 1.84. The van der Waals surface area contributed by atoms with E-state index in [1.807, 2.05) is 6.92 Å². The van der Waals surface area contributed by atoms with E-state index in [0.29, 0.717) is 12.8 Å². The van der Waals surface area contributed by atoms with Gasteiger partial charge >= 0.3 is 0 Å². The molecule has 1 N–H and O–H groups in total. The average Bonchev–Trinajstić information content (AvgIpc) is 2.25. The zero-order chi connectivity index (χ0) is 10.2. The molecule has 2 fully saturated rings. The molecule has 1 saturated heterocycles. The summed E-state index contributed by atoms with van der Waals surface area (Å²) in [5, 5.41) is 8.79. The molecular formula is C9H16O5. The molecular weight excluding hydrogens is 188 g/mol. The van der Waals surface area contributed by atoms with Gasteiger partial charge in [-0.2, -0.15) is 9.78 Å². The van der Waals surface area contributed by atoms with Crippen LogP contribution in [-0.4, -0.2) is 23.9 Å². The van der Waals surface area contributed by atoms with Crippen molar-refractivity contribution in [1.82, 2.24) is 0 Å². The van der Waals surface area contributed by atoms with Crippen molar-refractivity contribution < 1.29 is 24.7 Å². The van der Waals surface area contributed by atoms with Crippen LogP contribution in [0, 0.1) is 5.92 Å². The highest BCUT2D eigenvalue weighted by atomic mass is 17.3. The molecule has 14 heavy (non-hydrogen) atoms. The fourth-order valence-electron chi connectivity index (χ4n) is 2.25. The standard InChI is InChI=1S/C9H16O5/c1-8(11-2)7-4-3-5-9(6-7,12-10)14-13-8/h7,10H,3-6H2,1-2H3/t7-,8-,9+/m1/s1. The van der Waals surface area contributed by atoms with Gasteiger partial charge in [-0.15, -0.1) is 0 Å². The number of hydrogen-bond donors (Lipinski definition) is 1. The van der Waals surface area contributed by atoms with E-state index in [0.717, 1.165) is 12.8 Å². The molecule has 1 aliphatic carbocycles. The van der Waals surface area contributed by atoms with Crippen molar-refractivity contribution in [2.75, 3.05) is 7.11 Å². The molecule has 0 aromatic carbocycles. The zero-order valence-corrected chi connectivity index (χ0v) is 8.49. The van der Waals surface area contributed by atoms with Gasteiger partial charge in [0.2, 0.25) is 11.6 Å². The minimum atomic E-state index is -0.971. The minimum Gasteiger partial charge on any atom is -0.351 e. The number of rotatable bonds is 2. The summed E-state index contributed by atoms with van der Waals surface area (Å²) in [6.07, 6.45) is 3.19. The highest BCUT2D eigenvalue weighted by molar-refractivity contribution is 4.88. The van der Waals surface area contributed by atoms with E-state index in [2.05, 4.69) is 4.89 Å². The van der Waals surface area contributed by atoms with Gasteiger partial charge in [-0.1, -0.05) is 0 Å². The quantitative estimate of drug-likeness (QED) is 0.548. The van der Waals surface area contributed by atoms with Crippen molar-refractivity contribution in [3.8, 4) is 0 Å². The summed E-state index contributed by atoms with van der Waals surface area (Å²) in [5.74, 6) is -1.49. The second-order valence-electron chi connectivity index (χ2n) is 4.18. The van der Waals surface area contributed by atoms with Crippen LogP contribution < -0.4 is 0 Å². The molecule has 0 radical (unpaired) electrons. The molecule has 0 amide bonds. The summed E-state index contributed by atoms with van der Waals surface area (Å²) in [6, 6.07) is 0. The van der Waals surface area contributed by atoms with Crippen LogP contribution in [0.3, 0.4) is 0 Å². The van der Waals surface area contributed by atoms with Crippen LogP contribution in [0.1, 0.15) is 32.6 Å². The highest BCUT2D eigenvalue weighted by Gasteiger charge is 2.53. The summed E-state index contributed by atoms with van der Waals surface area (Å²) in [5.41, 5.74) is 0. The van der Waals surface area contributed by atoms with Gasteiger partial charge in [-0.05, 0) is 19.8 Å². The molecule has 0 aromatic heterocycles. The lowest BCUT2D eigenvalue weighted by Crippen LogP contribution is -2.55. The Kier molecular flexibility index (Phi) is 2.53. The SMILES string of the molecule is CO[C@]1(C)OO[C@@]2(OO)CCC[C@@H]1C2. The third-order valence-corrected chi connectivity index (χ3v) is 3.34. The van der Waals surface area contributed by atoms with E-state index >= 15 is 0 Å². The fourth-order valence-corrected chi connectivity index (χ4v) is 2.25. The van der Waals surface area contributed by atoms with Crippen molar-refractivity contribution in [1.29, 1.82) is 0 Å². The van der Waals surface area contributed by atoms with Crippen LogP contribution >= 0.6 is 0 Å². The Labute approximate surface area is 82.8 Å². The van der Waals surface area contributed by atoms with Crippen LogP contribution in [0.2, 0.25) is 0 Å². The predicted molar refractivity (Wildman–Crippen MR) is 46.0 cm³/mol. The van der Waals surface area contributed by atoms with E-state index in [4.69, 9.17) is 19.8 Å². The predicted octanol–water partition coefficient (Wildman–Crippen LogP) is 1.69. The van der Waals surface area contributed by atoms with E-state index in [1.165, 1.54) is 0 Å². The van der Waals surface area contributed by atoms with E-state index < -0.39 is 11.6 Å². The number of ether oxygens (including phenoxy) is 1. The third kappa shape index (κ3) is 1.45. The second-order valence-corrected chi connectivity index (χ2v) is 4.18. The number of methoxy groups -OCH3 is 1. The summed E-state index contributed by atoms with van der Waals surface area (Å²) >= 11 is 0. The van der Waals surface area contributed by atoms with E-state index in [1.54, 1.807) is 7.11 Å². The maximum Gasteiger partial charge on any atom is 0.234 e. The van der Waals surface area contributed by atoms with Crippen LogP contribution in [0.25, 0.3) is 0 Å². The first-order valence-corrected chi connectivity index (χ1v) is 4.89. The maximum atomic E-state index is 8.79. The topological polar surface area (TPSA) is 57.2 Å². The Hall–Kier alpha value is -0.200. The average molecular weight is 204 g/mol. The summed E-state index contributed by atoms with van der Waals surface area (Å²) in [7, 11) is 1.59. The lowest BCUT2D eigenvalue weighted by Gasteiger charge is -2.48. The Balaban J connectivity index is 2.15. The molecule has 2 bridgehead atoms. The zero-order valence-electron chi connectivity index (χ0n) is 8.49. The smallest absolute Gasteiger partial charge is 0.234 e. The molecule has 5 nitrogen and oxygen atoms in total. The molecule has 82 valence electrons. The Morgan fingerprint density at radius 1 is 1.43 bits per heavy atom. The molecule has 0 aromatic rings. The lowest BCUT2D eigenvalue weighted by atomic mass is 9.79. The first kappa shape index (κ1) is 10.3. The van der Waals surface area contributed by atoms with E-state index in [-0.39, 0.29) is 5.92 Å². The largest absolute Gasteiger partial charge is 0.351 e. The maximum absolute atomic E-state index is 8.79. The first-order chi connectivity index (χ1) is 6.64. The molecule has 0 unspecified atom stereocenters. The summed E-state index contributed by atoms with van der Waals surface area (Å²) in [4.78, 5) is 14.6.